The van der Waals surface area contributed by atoms with Crippen LogP contribution >= 0.6 is 11.8 Å². The molecule has 1 aliphatic rings. The van der Waals surface area contributed by atoms with Gasteiger partial charge in [0.05, 0.1) is 5.69 Å². The molecule has 0 saturated carbocycles. The van der Waals surface area contributed by atoms with E-state index in [4.69, 9.17) is 0 Å². The number of carbonyl (C=O) groups is 2. The van der Waals surface area contributed by atoms with Crippen molar-refractivity contribution in [3.63, 3.8) is 0 Å². The van der Waals surface area contributed by atoms with Gasteiger partial charge in [-0.3, -0.25) is 14.5 Å². The van der Waals surface area contributed by atoms with Gasteiger partial charge in [-0.2, -0.15) is 0 Å². The van der Waals surface area contributed by atoms with Crippen molar-refractivity contribution in [2.24, 2.45) is 4.99 Å². The number of amides is 2. The number of carbonyl (C=O) groups excluding carboxylic acids is 2. The van der Waals surface area contributed by atoms with E-state index in [9.17, 15) is 9.59 Å². The Bertz CT molecular complexity index is 1060. The predicted molar refractivity (Wildman–Crippen MR) is 126 cm³/mol. The molecule has 4 rings (SSSR count). The van der Waals surface area contributed by atoms with Gasteiger partial charge in [-0.25, -0.2) is 4.99 Å². The summed E-state index contributed by atoms with van der Waals surface area (Å²) in [4.78, 5) is 31.6. The third-order valence-corrected chi connectivity index (χ3v) is 6.00. The van der Waals surface area contributed by atoms with Crippen molar-refractivity contribution in [2.45, 2.75) is 18.1 Å². The van der Waals surface area contributed by atoms with Crippen molar-refractivity contribution >= 4 is 40.1 Å². The molecule has 0 aromatic heterocycles. The highest BCUT2D eigenvalue weighted by molar-refractivity contribution is 8.15. The van der Waals surface area contributed by atoms with Gasteiger partial charge in [0, 0.05) is 18.7 Å². The minimum absolute atomic E-state index is 0.128. The smallest absolute Gasteiger partial charge is 0.243 e. The number of likely N-dealkylation sites (tertiary alicyclic amines) is 1. The number of imide groups is 1. The molecule has 1 saturated heterocycles. The highest BCUT2D eigenvalue weighted by atomic mass is 32.2. The molecule has 3 aromatic rings. The maximum Gasteiger partial charge on any atom is 0.243 e. The number of nitrogens with one attached hydrogen (secondary N) is 1. The fraction of sp³-hybridized carbons (Fsp3) is 0.160. The molecule has 0 bridgehead atoms. The molecule has 1 atom stereocenters. The largest absolute Gasteiger partial charge is 0.335 e. The maximum atomic E-state index is 13.0. The standard InChI is InChI=1S/C25H23N3O2S/c29-23-18-22(24(30)28(23)17-16-19-10-4-1-5-11-19)31-25(26-20-12-6-2-7-13-20)27-21-14-8-3-9-15-21/h1-15,22H,16-18H2,(H,26,27). The van der Waals surface area contributed by atoms with Crippen LogP contribution in [0.3, 0.4) is 0 Å². The fourth-order valence-electron chi connectivity index (χ4n) is 3.35. The Morgan fingerprint density at radius 2 is 1.52 bits per heavy atom. The van der Waals surface area contributed by atoms with Crippen LogP contribution in [-0.4, -0.2) is 33.7 Å². The molecule has 0 aliphatic carbocycles. The van der Waals surface area contributed by atoms with Crippen LogP contribution in [0.4, 0.5) is 11.4 Å². The number of rotatable bonds is 6. The van der Waals surface area contributed by atoms with Gasteiger partial charge < -0.3 is 5.32 Å². The van der Waals surface area contributed by atoms with Crippen molar-refractivity contribution in [1.29, 1.82) is 0 Å². The average Bonchev–Trinajstić information content (AvgIpc) is 3.06. The lowest BCUT2D eigenvalue weighted by Gasteiger charge is -2.16. The number of hydrogen-bond donors (Lipinski definition) is 1. The van der Waals surface area contributed by atoms with Crippen LogP contribution in [0.15, 0.2) is 96.0 Å². The lowest BCUT2D eigenvalue weighted by atomic mass is 10.1. The molecule has 1 heterocycles. The number of hydrogen-bond acceptors (Lipinski definition) is 4. The molecule has 6 heteroatoms. The summed E-state index contributed by atoms with van der Waals surface area (Å²) in [5, 5.41) is 3.40. The number of nitrogens with zero attached hydrogens (tertiary/aromatic N) is 2. The number of thioether (sulfide) groups is 1. The Hall–Kier alpha value is -3.38. The number of anilines is 1. The second-order valence-electron chi connectivity index (χ2n) is 7.17. The summed E-state index contributed by atoms with van der Waals surface area (Å²) in [6.45, 7) is 0.399. The van der Waals surface area contributed by atoms with Gasteiger partial charge in [-0.1, -0.05) is 78.5 Å². The van der Waals surface area contributed by atoms with Crippen molar-refractivity contribution in [2.75, 3.05) is 11.9 Å². The van der Waals surface area contributed by atoms with Gasteiger partial charge in [0.15, 0.2) is 5.17 Å². The zero-order valence-corrected chi connectivity index (χ0v) is 17.8. The second-order valence-corrected chi connectivity index (χ2v) is 8.36. The van der Waals surface area contributed by atoms with E-state index in [1.165, 1.54) is 16.7 Å². The van der Waals surface area contributed by atoms with E-state index in [-0.39, 0.29) is 18.2 Å². The number of benzene rings is 3. The molecule has 0 radical (unpaired) electrons. The Kier molecular flexibility index (Phi) is 6.79. The predicted octanol–water partition coefficient (Wildman–Crippen LogP) is 4.89. The first kappa shape index (κ1) is 20.9. The number of aliphatic imine (C=N–C) groups is 1. The van der Waals surface area contributed by atoms with Gasteiger partial charge in [-0.15, -0.1) is 0 Å². The Morgan fingerprint density at radius 1 is 0.903 bits per heavy atom. The summed E-state index contributed by atoms with van der Waals surface area (Å²) in [6.07, 6.45) is 0.839. The summed E-state index contributed by atoms with van der Waals surface area (Å²) in [5.74, 6) is -0.279. The summed E-state index contributed by atoms with van der Waals surface area (Å²) in [6, 6.07) is 29.1. The van der Waals surface area contributed by atoms with Crippen molar-refractivity contribution in [3.8, 4) is 0 Å². The zero-order valence-electron chi connectivity index (χ0n) is 17.0. The Labute approximate surface area is 186 Å². The van der Waals surface area contributed by atoms with Gasteiger partial charge in [0.25, 0.3) is 0 Å². The van der Waals surface area contributed by atoms with E-state index in [1.54, 1.807) is 0 Å². The minimum Gasteiger partial charge on any atom is -0.335 e. The van der Waals surface area contributed by atoms with Gasteiger partial charge in [0.1, 0.15) is 5.25 Å². The fourth-order valence-corrected chi connectivity index (χ4v) is 4.41. The molecule has 1 fully saturated rings. The minimum atomic E-state index is -0.484. The Morgan fingerprint density at radius 3 is 2.19 bits per heavy atom. The number of para-hydroxylation sites is 2. The molecule has 3 aromatic carbocycles. The van der Waals surface area contributed by atoms with Crippen molar-refractivity contribution in [3.05, 3.63) is 96.6 Å². The third-order valence-electron chi connectivity index (χ3n) is 4.94. The van der Waals surface area contributed by atoms with E-state index in [0.717, 1.165) is 16.9 Å². The lowest BCUT2D eigenvalue weighted by molar-refractivity contribution is -0.138. The average molecular weight is 430 g/mol. The molecule has 31 heavy (non-hydrogen) atoms. The number of amidine groups is 1. The molecule has 2 amide bonds. The topological polar surface area (TPSA) is 61.8 Å². The molecule has 156 valence electrons. The summed E-state index contributed by atoms with van der Waals surface area (Å²) < 4.78 is 0. The van der Waals surface area contributed by atoms with Crippen LogP contribution in [0.25, 0.3) is 0 Å². The summed E-state index contributed by atoms with van der Waals surface area (Å²) in [7, 11) is 0. The van der Waals surface area contributed by atoms with Gasteiger partial charge >= 0.3 is 0 Å². The van der Waals surface area contributed by atoms with Gasteiger partial charge in [0.2, 0.25) is 11.8 Å². The molecule has 1 aliphatic heterocycles. The normalized spacial score (nSPS) is 16.6. The summed E-state index contributed by atoms with van der Waals surface area (Å²) in [5.41, 5.74) is 2.77. The van der Waals surface area contributed by atoms with Crippen LogP contribution in [0.1, 0.15) is 12.0 Å². The first-order chi connectivity index (χ1) is 15.2. The third kappa shape index (κ3) is 5.61. The first-order valence-corrected chi connectivity index (χ1v) is 11.1. The molecule has 5 nitrogen and oxygen atoms in total. The van der Waals surface area contributed by atoms with Crippen LogP contribution < -0.4 is 5.32 Å². The van der Waals surface area contributed by atoms with Crippen LogP contribution in [0.2, 0.25) is 0 Å². The molecule has 1 N–H and O–H groups in total. The SMILES string of the molecule is O=C1CC(SC(=Nc2ccccc2)Nc2ccccc2)C(=O)N1CCc1ccccc1. The van der Waals surface area contributed by atoms with E-state index < -0.39 is 5.25 Å². The molecular weight excluding hydrogens is 406 g/mol. The second kappa shape index (κ2) is 10.1. The first-order valence-electron chi connectivity index (χ1n) is 10.2. The van der Waals surface area contributed by atoms with E-state index >= 15 is 0 Å². The van der Waals surface area contributed by atoms with Crippen LogP contribution in [0, 0.1) is 0 Å². The van der Waals surface area contributed by atoms with Crippen LogP contribution in [-0.2, 0) is 16.0 Å². The quantitative estimate of drug-likeness (QED) is 0.344. The van der Waals surface area contributed by atoms with E-state index in [1.807, 2.05) is 91.0 Å². The highest BCUT2D eigenvalue weighted by Crippen LogP contribution is 2.28. The van der Waals surface area contributed by atoms with Gasteiger partial charge in [-0.05, 0) is 36.2 Å². The van der Waals surface area contributed by atoms with Crippen molar-refractivity contribution < 1.29 is 9.59 Å². The molecule has 0 spiro atoms. The lowest BCUT2D eigenvalue weighted by Crippen LogP contribution is -2.33. The zero-order chi connectivity index (χ0) is 21.5. The van der Waals surface area contributed by atoms with E-state index in [0.29, 0.717) is 18.1 Å². The van der Waals surface area contributed by atoms with Crippen LogP contribution in [0.5, 0.6) is 0 Å². The highest BCUT2D eigenvalue weighted by Gasteiger charge is 2.39. The maximum absolute atomic E-state index is 13.0. The van der Waals surface area contributed by atoms with E-state index in [2.05, 4.69) is 10.3 Å². The van der Waals surface area contributed by atoms with Crippen molar-refractivity contribution in [1.82, 2.24) is 4.90 Å². The Balaban J connectivity index is 1.47. The molecule has 1 unspecified atom stereocenters. The molecular formula is C25H23N3O2S. The summed E-state index contributed by atoms with van der Waals surface area (Å²) >= 11 is 1.31. The monoisotopic (exact) mass is 429 g/mol.